The molecule has 19 heavy (non-hydrogen) atoms. The van der Waals surface area contributed by atoms with Crippen LogP contribution in [0.5, 0.6) is 5.75 Å². The highest BCUT2D eigenvalue weighted by Crippen LogP contribution is 2.25. The summed E-state index contributed by atoms with van der Waals surface area (Å²) in [5.41, 5.74) is 0.808. The Morgan fingerprint density at radius 2 is 1.95 bits per heavy atom. The standard InChI is InChI=1S/C16H20N2O/c1-18(2)11-5-10-17-12-15-14-7-4-3-6-13(14)8-9-16(15)19/h3-4,6-9,12,19H,5,10-11H2,1-2H3. The molecule has 2 rings (SSSR count). The second-order valence-electron chi connectivity index (χ2n) is 4.91. The smallest absolute Gasteiger partial charge is 0.124 e. The summed E-state index contributed by atoms with van der Waals surface area (Å²) in [7, 11) is 4.11. The summed E-state index contributed by atoms with van der Waals surface area (Å²) in [4.78, 5) is 6.56. The molecule has 0 saturated carbocycles. The van der Waals surface area contributed by atoms with E-state index in [1.807, 2.05) is 30.3 Å². The molecule has 0 aliphatic heterocycles. The summed E-state index contributed by atoms with van der Waals surface area (Å²) >= 11 is 0. The second-order valence-corrected chi connectivity index (χ2v) is 4.91. The van der Waals surface area contributed by atoms with E-state index in [0.717, 1.165) is 35.8 Å². The predicted octanol–water partition coefficient (Wildman–Crippen LogP) is 2.92. The van der Waals surface area contributed by atoms with E-state index >= 15 is 0 Å². The van der Waals surface area contributed by atoms with E-state index < -0.39 is 0 Å². The van der Waals surface area contributed by atoms with Crippen LogP contribution < -0.4 is 0 Å². The molecule has 0 aromatic heterocycles. The van der Waals surface area contributed by atoms with E-state index in [-0.39, 0.29) is 5.75 Å². The molecule has 0 radical (unpaired) electrons. The fourth-order valence-corrected chi connectivity index (χ4v) is 2.05. The minimum atomic E-state index is 0.287. The van der Waals surface area contributed by atoms with Crippen molar-refractivity contribution in [3.63, 3.8) is 0 Å². The predicted molar refractivity (Wildman–Crippen MR) is 81.2 cm³/mol. The van der Waals surface area contributed by atoms with Gasteiger partial charge in [0.25, 0.3) is 0 Å². The molecule has 0 heterocycles. The Labute approximate surface area is 114 Å². The monoisotopic (exact) mass is 256 g/mol. The lowest BCUT2D eigenvalue weighted by Crippen LogP contribution is -2.13. The summed E-state index contributed by atoms with van der Waals surface area (Å²) in [6.07, 6.45) is 2.81. The van der Waals surface area contributed by atoms with Crippen LogP contribution in [0.2, 0.25) is 0 Å². The average molecular weight is 256 g/mol. The Balaban J connectivity index is 2.15. The quantitative estimate of drug-likeness (QED) is 0.659. The lowest BCUT2D eigenvalue weighted by Gasteiger charge is -2.07. The van der Waals surface area contributed by atoms with Crippen LogP contribution >= 0.6 is 0 Å². The maximum Gasteiger partial charge on any atom is 0.124 e. The van der Waals surface area contributed by atoms with Crippen molar-refractivity contribution in [3.8, 4) is 5.75 Å². The molecule has 100 valence electrons. The zero-order valence-corrected chi connectivity index (χ0v) is 11.5. The Kier molecular flexibility index (Phi) is 4.53. The lowest BCUT2D eigenvalue weighted by molar-refractivity contribution is 0.403. The van der Waals surface area contributed by atoms with Gasteiger partial charge in [-0.05, 0) is 43.9 Å². The first-order valence-corrected chi connectivity index (χ1v) is 6.54. The third-order valence-corrected chi connectivity index (χ3v) is 3.06. The molecule has 3 nitrogen and oxygen atoms in total. The summed E-state index contributed by atoms with van der Waals surface area (Å²) in [5.74, 6) is 0.287. The minimum Gasteiger partial charge on any atom is -0.507 e. The normalized spacial score (nSPS) is 11.7. The zero-order chi connectivity index (χ0) is 13.7. The number of benzene rings is 2. The van der Waals surface area contributed by atoms with Crippen LogP contribution in [0.15, 0.2) is 41.4 Å². The van der Waals surface area contributed by atoms with Gasteiger partial charge in [0, 0.05) is 18.3 Å². The maximum atomic E-state index is 9.95. The number of phenolic OH excluding ortho intramolecular Hbond substituents is 1. The van der Waals surface area contributed by atoms with Crippen LogP contribution in [0.3, 0.4) is 0 Å². The van der Waals surface area contributed by atoms with Gasteiger partial charge < -0.3 is 10.0 Å². The van der Waals surface area contributed by atoms with Crippen LogP contribution in [0, 0.1) is 0 Å². The number of hydrogen-bond acceptors (Lipinski definition) is 3. The van der Waals surface area contributed by atoms with Gasteiger partial charge in [0.2, 0.25) is 0 Å². The fraction of sp³-hybridized carbons (Fsp3) is 0.312. The van der Waals surface area contributed by atoms with E-state index in [2.05, 4.69) is 24.0 Å². The van der Waals surface area contributed by atoms with E-state index in [1.165, 1.54) is 0 Å². The van der Waals surface area contributed by atoms with Crippen molar-refractivity contribution in [1.29, 1.82) is 0 Å². The first-order valence-electron chi connectivity index (χ1n) is 6.54. The van der Waals surface area contributed by atoms with Crippen LogP contribution in [-0.2, 0) is 0 Å². The molecule has 0 aliphatic carbocycles. The molecule has 0 spiro atoms. The number of phenols is 1. The van der Waals surface area contributed by atoms with E-state index in [0.29, 0.717) is 0 Å². The van der Waals surface area contributed by atoms with Gasteiger partial charge in [-0.15, -0.1) is 0 Å². The highest BCUT2D eigenvalue weighted by Gasteiger charge is 2.03. The Morgan fingerprint density at radius 3 is 2.74 bits per heavy atom. The van der Waals surface area contributed by atoms with Gasteiger partial charge in [-0.1, -0.05) is 30.3 Å². The molecule has 3 heteroatoms. The molecular formula is C16H20N2O. The third-order valence-electron chi connectivity index (χ3n) is 3.06. The molecule has 0 amide bonds. The second kappa shape index (κ2) is 6.34. The molecule has 0 unspecified atom stereocenters. The summed E-state index contributed by atoms with van der Waals surface area (Å²) in [6, 6.07) is 11.7. The summed E-state index contributed by atoms with van der Waals surface area (Å²) in [5, 5.41) is 12.1. The van der Waals surface area contributed by atoms with Gasteiger partial charge in [0.15, 0.2) is 0 Å². The van der Waals surface area contributed by atoms with Crippen LogP contribution in [0.1, 0.15) is 12.0 Å². The van der Waals surface area contributed by atoms with Crippen molar-refractivity contribution < 1.29 is 5.11 Å². The molecule has 0 aliphatic rings. The average Bonchev–Trinajstić information content (AvgIpc) is 2.40. The van der Waals surface area contributed by atoms with Crippen LogP contribution in [0.25, 0.3) is 10.8 Å². The molecule has 2 aromatic carbocycles. The first-order chi connectivity index (χ1) is 9.18. The van der Waals surface area contributed by atoms with E-state index in [1.54, 1.807) is 12.3 Å². The SMILES string of the molecule is CN(C)CCCN=Cc1c(O)ccc2ccccc12. The highest BCUT2D eigenvalue weighted by molar-refractivity contribution is 6.02. The van der Waals surface area contributed by atoms with Gasteiger partial charge >= 0.3 is 0 Å². The van der Waals surface area contributed by atoms with Crippen molar-refractivity contribution in [3.05, 3.63) is 42.0 Å². The number of aliphatic imine (C=N–C) groups is 1. The van der Waals surface area contributed by atoms with Gasteiger partial charge in [-0.2, -0.15) is 0 Å². The molecule has 0 fully saturated rings. The number of nitrogens with zero attached hydrogens (tertiary/aromatic N) is 2. The highest BCUT2D eigenvalue weighted by atomic mass is 16.3. The zero-order valence-electron chi connectivity index (χ0n) is 11.5. The minimum absolute atomic E-state index is 0.287. The number of aromatic hydroxyl groups is 1. The maximum absolute atomic E-state index is 9.95. The molecule has 0 saturated heterocycles. The Morgan fingerprint density at radius 1 is 1.16 bits per heavy atom. The van der Waals surface area contributed by atoms with Gasteiger partial charge in [-0.3, -0.25) is 4.99 Å². The third kappa shape index (κ3) is 3.55. The van der Waals surface area contributed by atoms with E-state index in [9.17, 15) is 5.11 Å². The lowest BCUT2D eigenvalue weighted by atomic mass is 10.0. The Bertz CT molecular complexity index is 576. The van der Waals surface area contributed by atoms with E-state index in [4.69, 9.17) is 0 Å². The van der Waals surface area contributed by atoms with Gasteiger partial charge in [0.1, 0.15) is 5.75 Å². The molecule has 1 N–H and O–H groups in total. The summed E-state index contributed by atoms with van der Waals surface area (Å²) in [6.45, 7) is 1.81. The largest absolute Gasteiger partial charge is 0.507 e. The summed E-state index contributed by atoms with van der Waals surface area (Å²) < 4.78 is 0. The van der Waals surface area contributed by atoms with Crippen molar-refractivity contribution in [2.24, 2.45) is 4.99 Å². The fourth-order valence-electron chi connectivity index (χ4n) is 2.05. The molecule has 2 aromatic rings. The van der Waals surface area contributed by atoms with Crippen molar-refractivity contribution in [1.82, 2.24) is 4.90 Å². The number of hydrogen-bond donors (Lipinski definition) is 1. The van der Waals surface area contributed by atoms with Crippen molar-refractivity contribution in [2.75, 3.05) is 27.2 Å². The number of fused-ring (bicyclic) bond motifs is 1. The topological polar surface area (TPSA) is 35.8 Å². The van der Waals surface area contributed by atoms with Crippen LogP contribution in [-0.4, -0.2) is 43.4 Å². The van der Waals surface area contributed by atoms with Gasteiger partial charge in [-0.25, -0.2) is 0 Å². The van der Waals surface area contributed by atoms with Crippen molar-refractivity contribution >= 4 is 17.0 Å². The number of rotatable bonds is 5. The first kappa shape index (κ1) is 13.6. The molecule has 0 atom stereocenters. The van der Waals surface area contributed by atoms with Crippen LogP contribution in [0.4, 0.5) is 0 Å². The molecular weight excluding hydrogens is 236 g/mol. The van der Waals surface area contributed by atoms with Crippen molar-refractivity contribution in [2.45, 2.75) is 6.42 Å². The molecule has 0 bridgehead atoms. The Hall–Kier alpha value is -1.87. The van der Waals surface area contributed by atoms with Gasteiger partial charge in [0.05, 0.1) is 0 Å².